The second-order valence-electron chi connectivity index (χ2n) is 0.448. The van der Waals surface area contributed by atoms with E-state index in [4.69, 9.17) is 21.7 Å². The summed E-state index contributed by atoms with van der Waals surface area (Å²) in [6.07, 6.45) is 0. The van der Waals surface area contributed by atoms with Gasteiger partial charge >= 0.3 is 30.9 Å². The second kappa shape index (κ2) is 4.51. The molecule has 3 N–H and O–H groups in total. The fourth-order valence-corrected chi connectivity index (χ4v) is 0. The predicted molar refractivity (Wildman–Crippen MR) is 17.8 cm³/mol. The molecule has 5 nitrogen and oxygen atoms in total. The van der Waals surface area contributed by atoms with Crippen molar-refractivity contribution in [2.75, 3.05) is 0 Å². The molecule has 0 aromatic carbocycles. The van der Waals surface area contributed by atoms with Crippen LogP contribution in [0.1, 0.15) is 0 Å². The molecule has 0 aromatic heterocycles. The van der Waals surface area contributed by atoms with Gasteiger partial charge in [-0.2, -0.15) is 8.42 Å². The van der Waals surface area contributed by atoms with Crippen molar-refractivity contribution in [3.05, 3.63) is 0 Å². The van der Waals surface area contributed by atoms with Gasteiger partial charge in [0, 0.05) is 0 Å². The Morgan fingerprint density at radius 1 is 1.14 bits per heavy atom. The van der Waals surface area contributed by atoms with E-state index in [1.807, 2.05) is 16.3 Å². The fourth-order valence-electron chi connectivity index (χ4n) is 0. The summed E-state index contributed by atoms with van der Waals surface area (Å²) in [6, 6.07) is 0. The Morgan fingerprint density at radius 3 is 1.14 bits per heavy atom. The van der Waals surface area contributed by atoms with Crippen molar-refractivity contribution in [2.24, 2.45) is 0 Å². The minimum atomic E-state index is -4.67. The molecular weight excluding hydrogens is 168 g/mol. The summed E-state index contributed by atoms with van der Waals surface area (Å²) in [4.78, 5) is 0. The van der Waals surface area contributed by atoms with Crippen molar-refractivity contribution < 1.29 is 38.1 Å². The van der Waals surface area contributed by atoms with Crippen LogP contribution in [0.5, 0.6) is 0 Å². The maximum absolute atomic E-state index is 8.74. The summed E-state index contributed by atoms with van der Waals surface area (Å²) < 4.78 is 38.4. The van der Waals surface area contributed by atoms with Crippen LogP contribution in [0.2, 0.25) is 0 Å². The molecule has 0 atom stereocenters. The van der Waals surface area contributed by atoms with Gasteiger partial charge in [-0.05, 0) is 0 Å². The topological polar surface area (TPSA) is 94.8 Å². The van der Waals surface area contributed by atoms with E-state index in [1.54, 1.807) is 0 Å². The Balaban J connectivity index is 0. The molecule has 0 spiro atoms. The summed E-state index contributed by atoms with van der Waals surface area (Å²) in [5, 5.41) is 0. The van der Waals surface area contributed by atoms with Crippen LogP contribution in [0, 0.1) is 0 Å². The third-order valence-electron chi connectivity index (χ3n) is 0. The van der Waals surface area contributed by atoms with E-state index >= 15 is 0 Å². The zero-order valence-corrected chi connectivity index (χ0v) is 4.94. The molecule has 0 aliphatic carbocycles. The van der Waals surface area contributed by atoms with Gasteiger partial charge in [0.2, 0.25) is 0 Å². The average molecular weight is 172 g/mol. The van der Waals surface area contributed by atoms with Gasteiger partial charge in [0.1, 0.15) is 0 Å². The van der Waals surface area contributed by atoms with Crippen LogP contribution in [-0.2, 0) is 26.7 Å². The van der Waals surface area contributed by atoms with Gasteiger partial charge in [-0.3, -0.25) is 9.11 Å². The van der Waals surface area contributed by atoms with E-state index in [9.17, 15) is 0 Å². The molecule has 0 aliphatic rings. The Bertz CT molecular complexity index is 91.2. The van der Waals surface area contributed by atoms with Gasteiger partial charge in [-0.15, -0.1) is 0 Å². The van der Waals surface area contributed by atoms with Gasteiger partial charge in [-0.25, -0.2) is 0 Å². The van der Waals surface area contributed by atoms with Crippen LogP contribution in [0.3, 0.4) is 0 Å². The molecule has 0 rings (SSSR count). The SMILES string of the molecule is O=S(=O)(O)O.[OH][FeH]. The predicted octanol–water partition coefficient (Wildman–Crippen LogP) is -1.48. The quantitative estimate of drug-likeness (QED) is 0.306. The van der Waals surface area contributed by atoms with Crippen molar-refractivity contribution in [2.45, 2.75) is 0 Å². The summed E-state index contributed by atoms with van der Waals surface area (Å²) in [5.74, 6) is 0. The van der Waals surface area contributed by atoms with Gasteiger partial charge in [0.15, 0.2) is 0 Å². The third kappa shape index (κ3) is 983. The maximum atomic E-state index is 8.74. The van der Waals surface area contributed by atoms with Gasteiger partial charge < -0.3 is 0 Å². The monoisotopic (exact) mass is 172 g/mol. The van der Waals surface area contributed by atoms with Crippen LogP contribution < -0.4 is 0 Å². The number of hydrogen-bond donors (Lipinski definition) is 3. The first-order valence-corrected chi connectivity index (χ1v) is 2.79. The van der Waals surface area contributed by atoms with Crippen LogP contribution in [0.4, 0.5) is 0 Å². The minimum absolute atomic E-state index is 1.94. The van der Waals surface area contributed by atoms with Crippen molar-refractivity contribution in [3.8, 4) is 0 Å². The Morgan fingerprint density at radius 2 is 1.14 bits per heavy atom. The zero-order chi connectivity index (χ0) is 6.50. The van der Waals surface area contributed by atoms with Gasteiger partial charge in [0.25, 0.3) is 0 Å². The normalized spacial score (nSPS) is 9.29. The van der Waals surface area contributed by atoms with E-state index in [2.05, 4.69) is 0 Å². The standard InChI is InChI=1S/Fe.H2O4S.H2O.H/c;1-5(2,3)4;;/h;(H2,1,2,3,4);1H2;/q+1;;;/p-1. The first-order valence-electron chi connectivity index (χ1n) is 0.868. The van der Waals surface area contributed by atoms with Gasteiger partial charge in [0.05, 0.1) is 0 Å². The molecule has 0 saturated heterocycles. The van der Waals surface area contributed by atoms with Crippen LogP contribution in [0.25, 0.3) is 0 Å². The third-order valence-corrected chi connectivity index (χ3v) is 0. The molecule has 48 valence electrons. The Hall–Kier alpha value is 0.349. The average Bonchev–Trinajstić information content (AvgIpc) is 1.36. The molecule has 7 heteroatoms. The summed E-state index contributed by atoms with van der Waals surface area (Å²) in [5.41, 5.74) is 0. The van der Waals surface area contributed by atoms with E-state index in [1.165, 1.54) is 0 Å². The molecule has 0 aromatic rings. The molecule has 0 radical (unpaired) electrons. The molecule has 0 fully saturated rings. The van der Waals surface area contributed by atoms with E-state index in [0.29, 0.717) is 0 Å². The van der Waals surface area contributed by atoms with E-state index < -0.39 is 10.4 Å². The molecule has 0 amide bonds. The summed E-state index contributed by atoms with van der Waals surface area (Å²) >= 11 is 1.94. The summed E-state index contributed by atoms with van der Waals surface area (Å²) in [6.45, 7) is 0. The molecule has 7 heavy (non-hydrogen) atoms. The molecule has 0 unspecified atom stereocenters. The molecule has 0 heterocycles. The van der Waals surface area contributed by atoms with Crippen LogP contribution >= 0.6 is 0 Å². The second-order valence-corrected chi connectivity index (χ2v) is 1.34. The van der Waals surface area contributed by atoms with Gasteiger partial charge in [-0.1, -0.05) is 0 Å². The van der Waals surface area contributed by atoms with Crippen molar-refractivity contribution in [1.29, 1.82) is 0 Å². The Kier molecular flexibility index (Phi) is 6.67. The molecule has 0 aliphatic heterocycles. The van der Waals surface area contributed by atoms with Crippen molar-refractivity contribution in [3.63, 3.8) is 0 Å². The van der Waals surface area contributed by atoms with Crippen LogP contribution in [0.15, 0.2) is 0 Å². The van der Waals surface area contributed by atoms with Crippen molar-refractivity contribution in [1.82, 2.24) is 0 Å². The number of rotatable bonds is 0. The summed E-state index contributed by atoms with van der Waals surface area (Å²) in [7, 11) is -4.67. The Labute approximate surface area is 49.1 Å². The van der Waals surface area contributed by atoms with Crippen LogP contribution in [-0.4, -0.2) is 21.7 Å². The molecule has 0 saturated carbocycles. The van der Waals surface area contributed by atoms with E-state index in [-0.39, 0.29) is 0 Å². The fraction of sp³-hybridized carbons (Fsp3) is 0. The zero-order valence-electron chi connectivity index (χ0n) is 2.94. The molecule has 0 bridgehead atoms. The van der Waals surface area contributed by atoms with Crippen molar-refractivity contribution >= 4 is 10.4 Å². The first kappa shape index (κ1) is 10.4. The molecular formula is H4FeO5S. The van der Waals surface area contributed by atoms with E-state index in [0.717, 1.165) is 0 Å². The number of hydrogen-bond acceptors (Lipinski definition) is 3. The first-order chi connectivity index (χ1) is 3.00.